The lowest BCUT2D eigenvalue weighted by Gasteiger charge is -2.04. The summed E-state index contributed by atoms with van der Waals surface area (Å²) >= 11 is 0. The molecule has 1 aromatic carbocycles. The van der Waals surface area contributed by atoms with Crippen molar-refractivity contribution in [2.24, 2.45) is 0 Å². The van der Waals surface area contributed by atoms with Crippen LogP contribution >= 0.6 is 0 Å². The number of sulfone groups is 1. The topological polar surface area (TPSA) is 86.6 Å². The molecule has 1 fully saturated rings. The van der Waals surface area contributed by atoms with Crippen molar-refractivity contribution in [2.45, 2.75) is 23.0 Å². The van der Waals surface area contributed by atoms with Gasteiger partial charge in [0.1, 0.15) is 0 Å². The molecule has 86 valence electrons. The van der Waals surface area contributed by atoms with Gasteiger partial charge in [-0.3, -0.25) is 5.10 Å². The Bertz CT molecular complexity index is 736. The van der Waals surface area contributed by atoms with E-state index in [4.69, 9.17) is 5.26 Å². The number of hydrogen-bond donors (Lipinski definition) is 1. The van der Waals surface area contributed by atoms with E-state index in [1.807, 2.05) is 6.07 Å². The number of nitrogens with one attached hydrogen (secondary N) is 1. The van der Waals surface area contributed by atoms with Crippen LogP contribution in [0.25, 0.3) is 10.9 Å². The first-order chi connectivity index (χ1) is 8.13. The lowest BCUT2D eigenvalue weighted by molar-refractivity contribution is 0.595. The Morgan fingerprint density at radius 3 is 2.82 bits per heavy atom. The molecule has 0 unspecified atom stereocenters. The second-order valence-electron chi connectivity index (χ2n) is 4.16. The number of H-pyrrole nitrogens is 1. The van der Waals surface area contributed by atoms with Gasteiger partial charge in [0.25, 0.3) is 0 Å². The first-order valence-electron chi connectivity index (χ1n) is 5.24. The van der Waals surface area contributed by atoms with Crippen LogP contribution in [0.1, 0.15) is 18.4 Å². The smallest absolute Gasteiger partial charge is 0.182 e. The zero-order chi connectivity index (χ0) is 12.0. The van der Waals surface area contributed by atoms with Crippen LogP contribution in [-0.2, 0) is 9.84 Å². The minimum absolute atomic E-state index is 0.225. The minimum Gasteiger partial charge on any atom is -0.278 e. The van der Waals surface area contributed by atoms with Crippen molar-refractivity contribution in [2.75, 3.05) is 0 Å². The highest BCUT2D eigenvalue weighted by molar-refractivity contribution is 7.92. The average molecular weight is 247 g/mol. The fraction of sp³-hybridized carbons (Fsp3) is 0.273. The van der Waals surface area contributed by atoms with E-state index in [1.54, 1.807) is 6.07 Å². The van der Waals surface area contributed by atoms with Crippen LogP contribution in [0.4, 0.5) is 0 Å². The number of hydrogen-bond acceptors (Lipinski definition) is 4. The number of nitriles is 1. The first-order valence-corrected chi connectivity index (χ1v) is 6.78. The molecule has 3 rings (SSSR count). The Balaban J connectivity index is 2.34. The van der Waals surface area contributed by atoms with E-state index in [-0.39, 0.29) is 10.1 Å². The van der Waals surface area contributed by atoms with Crippen molar-refractivity contribution in [3.8, 4) is 6.07 Å². The van der Waals surface area contributed by atoms with Gasteiger partial charge < -0.3 is 0 Å². The van der Waals surface area contributed by atoms with Gasteiger partial charge in [-0.05, 0) is 25.0 Å². The SMILES string of the molecule is N#Cc1cc(S(=O)(=O)C2CC2)c2cn[nH]c2c1. The predicted molar refractivity (Wildman–Crippen MR) is 61.0 cm³/mol. The Labute approximate surface area is 98.0 Å². The standard InChI is InChI=1S/C11H9N3O2S/c12-5-7-3-10-9(6-13-14-10)11(4-7)17(15,16)8-1-2-8/h3-4,6,8H,1-2H2,(H,13,14). The Hall–Kier alpha value is -1.87. The number of fused-ring (bicyclic) bond motifs is 1. The summed E-state index contributed by atoms with van der Waals surface area (Å²) in [5.74, 6) is 0. The molecule has 0 bridgehead atoms. The summed E-state index contributed by atoms with van der Waals surface area (Å²) in [4.78, 5) is 0.225. The second-order valence-corrected chi connectivity index (χ2v) is 6.36. The van der Waals surface area contributed by atoms with E-state index >= 15 is 0 Å². The summed E-state index contributed by atoms with van der Waals surface area (Å²) in [7, 11) is -3.31. The molecule has 1 N–H and O–H groups in total. The van der Waals surface area contributed by atoms with E-state index in [0.29, 0.717) is 29.3 Å². The molecule has 1 aliphatic rings. The Morgan fingerprint density at radius 2 is 2.18 bits per heavy atom. The predicted octanol–water partition coefficient (Wildman–Crippen LogP) is 1.37. The van der Waals surface area contributed by atoms with Crippen molar-refractivity contribution in [1.82, 2.24) is 10.2 Å². The van der Waals surface area contributed by atoms with E-state index in [1.165, 1.54) is 12.3 Å². The quantitative estimate of drug-likeness (QED) is 0.868. The van der Waals surface area contributed by atoms with Crippen LogP contribution < -0.4 is 0 Å². The highest BCUT2D eigenvalue weighted by Gasteiger charge is 2.38. The lowest BCUT2D eigenvalue weighted by Crippen LogP contribution is -2.07. The van der Waals surface area contributed by atoms with Gasteiger partial charge in [-0.25, -0.2) is 8.42 Å². The number of benzene rings is 1. The molecule has 0 radical (unpaired) electrons. The summed E-state index contributed by atoms with van der Waals surface area (Å²) in [6, 6.07) is 5.01. The van der Waals surface area contributed by atoms with E-state index < -0.39 is 9.84 Å². The molecule has 0 aliphatic heterocycles. The first kappa shape index (κ1) is 10.3. The van der Waals surface area contributed by atoms with Crippen LogP contribution in [0.15, 0.2) is 23.2 Å². The molecule has 17 heavy (non-hydrogen) atoms. The van der Waals surface area contributed by atoms with Crippen LogP contribution in [0.5, 0.6) is 0 Å². The van der Waals surface area contributed by atoms with E-state index in [2.05, 4.69) is 10.2 Å². The molecular formula is C11H9N3O2S. The van der Waals surface area contributed by atoms with Gasteiger partial charge in [0.15, 0.2) is 9.84 Å². The number of nitrogens with zero attached hydrogens (tertiary/aromatic N) is 2. The van der Waals surface area contributed by atoms with Crippen LogP contribution in [-0.4, -0.2) is 23.9 Å². The minimum atomic E-state index is -3.31. The summed E-state index contributed by atoms with van der Waals surface area (Å²) in [5, 5.41) is 15.7. The largest absolute Gasteiger partial charge is 0.278 e. The Morgan fingerprint density at radius 1 is 1.41 bits per heavy atom. The van der Waals surface area contributed by atoms with Crippen molar-refractivity contribution in [3.63, 3.8) is 0 Å². The molecule has 0 atom stereocenters. The zero-order valence-electron chi connectivity index (χ0n) is 8.84. The number of aromatic nitrogens is 2. The second kappa shape index (κ2) is 3.31. The monoisotopic (exact) mass is 247 g/mol. The lowest BCUT2D eigenvalue weighted by atomic mass is 10.2. The average Bonchev–Trinajstić information content (AvgIpc) is 3.07. The third-order valence-electron chi connectivity index (χ3n) is 2.92. The fourth-order valence-corrected chi connectivity index (χ4v) is 3.75. The molecule has 1 aromatic heterocycles. The van der Waals surface area contributed by atoms with Crippen LogP contribution in [0.2, 0.25) is 0 Å². The zero-order valence-corrected chi connectivity index (χ0v) is 9.66. The van der Waals surface area contributed by atoms with Gasteiger partial charge in [0.2, 0.25) is 0 Å². The molecule has 6 heteroatoms. The van der Waals surface area contributed by atoms with Crippen molar-refractivity contribution >= 4 is 20.7 Å². The van der Waals surface area contributed by atoms with Gasteiger partial charge >= 0.3 is 0 Å². The number of aromatic amines is 1. The highest BCUT2D eigenvalue weighted by Crippen LogP contribution is 2.36. The summed E-state index contributed by atoms with van der Waals surface area (Å²) < 4.78 is 24.4. The summed E-state index contributed by atoms with van der Waals surface area (Å²) in [6.45, 7) is 0. The Kier molecular flexibility index (Phi) is 2.00. The van der Waals surface area contributed by atoms with Gasteiger partial charge in [0, 0.05) is 5.39 Å². The van der Waals surface area contributed by atoms with E-state index in [0.717, 1.165) is 0 Å². The molecule has 1 aliphatic carbocycles. The molecule has 2 aromatic rings. The highest BCUT2D eigenvalue weighted by atomic mass is 32.2. The normalized spacial score (nSPS) is 15.9. The molecule has 1 saturated carbocycles. The molecule has 0 amide bonds. The van der Waals surface area contributed by atoms with Crippen LogP contribution in [0.3, 0.4) is 0 Å². The molecule has 1 heterocycles. The van der Waals surface area contributed by atoms with Gasteiger partial charge in [-0.15, -0.1) is 0 Å². The fourth-order valence-electron chi connectivity index (χ4n) is 1.88. The van der Waals surface area contributed by atoms with Crippen molar-refractivity contribution in [3.05, 3.63) is 23.9 Å². The summed E-state index contributed by atoms with van der Waals surface area (Å²) in [5.41, 5.74) is 0.921. The maximum Gasteiger partial charge on any atom is 0.182 e. The third kappa shape index (κ3) is 1.51. The third-order valence-corrected chi connectivity index (χ3v) is 5.22. The molecule has 0 saturated heterocycles. The molecule has 0 spiro atoms. The van der Waals surface area contributed by atoms with Crippen LogP contribution in [0, 0.1) is 11.3 Å². The van der Waals surface area contributed by atoms with Crippen molar-refractivity contribution in [1.29, 1.82) is 5.26 Å². The van der Waals surface area contributed by atoms with Gasteiger partial charge in [0.05, 0.1) is 33.5 Å². The summed E-state index contributed by atoms with van der Waals surface area (Å²) in [6.07, 6.45) is 2.91. The van der Waals surface area contributed by atoms with Gasteiger partial charge in [-0.1, -0.05) is 0 Å². The maximum atomic E-state index is 12.2. The molecule has 5 nitrogen and oxygen atoms in total. The van der Waals surface area contributed by atoms with Gasteiger partial charge in [-0.2, -0.15) is 10.4 Å². The van der Waals surface area contributed by atoms with Crippen molar-refractivity contribution < 1.29 is 8.42 Å². The molecular weight excluding hydrogens is 238 g/mol. The maximum absolute atomic E-state index is 12.2. The number of rotatable bonds is 2. The van der Waals surface area contributed by atoms with E-state index in [9.17, 15) is 8.42 Å².